The topological polar surface area (TPSA) is 105 Å². The first-order valence-corrected chi connectivity index (χ1v) is 9.33. The molecule has 5 heterocycles. The molecule has 1 fully saturated rings. The molecule has 0 atom stereocenters. The molecule has 0 radical (unpaired) electrons. The van der Waals surface area contributed by atoms with E-state index in [1.54, 1.807) is 18.3 Å². The first-order valence-electron chi connectivity index (χ1n) is 9.33. The Balaban J connectivity index is 1.68. The molecule has 0 bridgehead atoms. The van der Waals surface area contributed by atoms with Gasteiger partial charge in [-0.3, -0.25) is 4.98 Å². The van der Waals surface area contributed by atoms with Crippen molar-refractivity contribution in [3.05, 3.63) is 36.2 Å². The Hall–Kier alpha value is -3.34. The van der Waals surface area contributed by atoms with Gasteiger partial charge in [-0.1, -0.05) is 5.21 Å². The zero-order valence-electron chi connectivity index (χ0n) is 15.6. The van der Waals surface area contributed by atoms with Crippen molar-refractivity contribution in [3.63, 3.8) is 0 Å². The number of nitrogens with two attached hydrogens (primary N) is 1. The molecule has 0 saturated carbocycles. The number of ether oxygens (including phenoxy) is 1. The van der Waals surface area contributed by atoms with Crippen molar-refractivity contribution in [2.75, 3.05) is 18.9 Å². The minimum absolute atomic E-state index is 0.106. The fourth-order valence-electron chi connectivity index (χ4n) is 3.67. The predicted octanol–water partition coefficient (Wildman–Crippen LogP) is 3.39. The molecule has 4 aromatic heterocycles. The molecule has 0 unspecified atom stereocenters. The van der Waals surface area contributed by atoms with Crippen molar-refractivity contribution in [1.29, 1.82) is 0 Å². The maximum absolute atomic E-state index is 13.2. The van der Waals surface area contributed by atoms with Crippen LogP contribution in [0.5, 0.6) is 0 Å². The number of pyridine rings is 3. The first kappa shape index (κ1) is 18.7. The number of hydrogen-bond donors (Lipinski definition) is 1. The standard InChI is InChI=1S/C19H16F3N7O/c20-19(21,22)12-7-10(8-25-18(12)23)13-1-2-14-16(26-13)17-15(9-24-14)27-28-29(17)11-3-5-30-6-4-11/h1-2,7-9,11H,3-6H2,(H2,23,25). The van der Waals surface area contributed by atoms with Gasteiger partial charge in [0.15, 0.2) is 0 Å². The summed E-state index contributed by atoms with van der Waals surface area (Å²) in [5, 5.41) is 8.48. The van der Waals surface area contributed by atoms with E-state index in [1.165, 1.54) is 6.20 Å². The molecule has 1 saturated heterocycles. The number of halogens is 3. The van der Waals surface area contributed by atoms with Crippen LogP contribution in [-0.4, -0.2) is 43.2 Å². The van der Waals surface area contributed by atoms with E-state index < -0.39 is 17.6 Å². The van der Waals surface area contributed by atoms with Gasteiger partial charge in [0.25, 0.3) is 0 Å². The van der Waals surface area contributed by atoms with Gasteiger partial charge in [0.1, 0.15) is 22.4 Å². The van der Waals surface area contributed by atoms with E-state index in [9.17, 15) is 13.2 Å². The Kier molecular flexibility index (Phi) is 4.28. The van der Waals surface area contributed by atoms with Crippen molar-refractivity contribution < 1.29 is 17.9 Å². The first-order chi connectivity index (χ1) is 14.4. The van der Waals surface area contributed by atoms with E-state index in [4.69, 9.17) is 10.5 Å². The Morgan fingerprint density at radius 1 is 1.07 bits per heavy atom. The number of fused-ring (bicyclic) bond motifs is 3. The highest BCUT2D eigenvalue weighted by Crippen LogP contribution is 2.35. The minimum atomic E-state index is -4.61. The Morgan fingerprint density at radius 3 is 2.63 bits per heavy atom. The average Bonchev–Trinajstić information content (AvgIpc) is 3.18. The highest BCUT2D eigenvalue weighted by Gasteiger charge is 2.34. The van der Waals surface area contributed by atoms with Gasteiger partial charge in [0, 0.05) is 25.0 Å². The van der Waals surface area contributed by atoms with Crippen molar-refractivity contribution in [2.45, 2.75) is 25.1 Å². The minimum Gasteiger partial charge on any atom is -0.383 e. The van der Waals surface area contributed by atoms with Crippen LogP contribution in [0.4, 0.5) is 19.0 Å². The third-order valence-electron chi connectivity index (χ3n) is 5.20. The fraction of sp³-hybridized carbons (Fsp3) is 0.316. The van der Waals surface area contributed by atoms with Crippen LogP contribution >= 0.6 is 0 Å². The SMILES string of the molecule is Nc1ncc(-c2ccc3ncc4nnn(C5CCOCC5)c4c3n2)cc1C(F)(F)F. The molecule has 1 aliphatic heterocycles. The third kappa shape index (κ3) is 3.11. The van der Waals surface area contributed by atoms with Crippen LogP contribution < -0.4 is 5.73 Å². The van der Waals surface area contributed by atoms with Crippen molar-refractivity contribution in [1.82, 2.24) is 29.9 Å². The van der Waals surface area contributed by atoms with E-state index in [0.29, 0.717) is 41.0 Å². The molecule has 0 aromatic carbocycles. The lowest BCUT2D eigenvalue weighted by molar-refractivity contribution is -0.137. The second-order valence-electron chi connectivity index (χ2n) is 7.09. The summed E-state index contributed by atoms with van der Waals surface area (Å²) in [4.78, 5) is 12.7. The van der Waals surface area contributed by atoms with Crippen LogP contribution in [0.1, 0.15) is 24.4 Å². The third-order valence-corrected chi connectivity index (χ3v) is 5.20. The Morgan fingerprint density at radius 2 is 1.87 bits per heavy atom. The summed E-state index contributed by atoms with van der Waals surface area (Å²) in [5.74, 6) is -0.571. The van der Waals surface area contributed by atoms with Crippen LogP contribution in [0.25, 0.3) is 33.3 Å². The van der Waals surface area contributed by atoms with Crippen LogP contribution in [0.3, 0.4) is 0 Å². The molecule has 0 aliphatic carbocycles. The van der Waals surface area contributed by atoms with E-state index in [-0.39, 0.29) is 11.6 Å². The van der Waals surface area contributed by atoms with Crippen LogP contribution in [0.15, 0.2) is 30.6 Å². The predicted molar refractivity (Wildman–Crippen MR) is 102 cm³/mol. The number of hydrogen-bond acceptors (Lipinski definition) is 7. The molecule has 4 aromatic rings. The number of alkyl halides is 3. The molecule has 1 aliphatic rings. The number of rotatable bonds is 2. The summed E-state index contributed by atoms with van der Waals surface area (Å²) in [6.07, 6.45) is -0.128. The van der Waals surface area contributed by atoms with Crippen molar-refractivity contribution >= 4 is 27.9 Å². The summed E-state index contributed by atoms with van der Waals surface area (Å²) in [6.45, 7) is 1.26. The van der Waals surface area contributed by atoms with Gasteiger partial charge in [-0.05, 0) is 31.0 Å². The van der Waals surface area contributed by atoms with Gasteiger partial charge < -0.3 is 10.5 Å². The zero-order chi connectivity index (χ0) is 20.9. The molecule has 0 spiro atoms. The van der Waals surface area contributed by atoms with Crippen molar-refractivity contribution in [2.24, 2.45) is 0 Å². The van der Waals surface area contributed by atoms with Gasteiger partial charge in [-0.2, -0.15) is 13.2 Å². The number of anilines is 1. The molecule has 30 heavy (non-hydrogen) atoms. The monoisotopic (exact) mass is 415 g/mol. The molecule has 5 rings (SSSR count). The molecule has 2 N–H and O–H groups in total. The molecule has 0 amide bonds. The smallest absolute Gasteiger partial charge is 0.383 e. The molecule has 154 valence electrons. The summed E-state index contributed by atoms with van der Waals surface area (Å²) in [5.41, 5.74) is 7.35. The van der Waals surface area contributed by atoms with E-state index in [0.717, 1.165) is 18.9 Å². The number of nitrogens with zero attached hydrogens (tertiary/aromatic N) is 6. The van der Waals surface area contributed by atoms with Gasteiger partial charge in [0.05, 0.1) is 29.0 Å². The van der Waals surface area contributed by atoms with Gasteiger partial charge in [-0.25, -0.2) is 14.6 Å². The normalized spacial score (nSPS) is 15.8. The lowest BCUT2D eigenvalue weighted by Crippen LogP contribution is -2.20. The second-order valence-corrected chi connectivity index (χ2v) is 7.09. The van der Waals surface area contributed by atoms with Crippen LogP contribution in [-0.2, 0) is 10.9 Å². The van der Waals surface area contributed by atoms with Gasteiger partial charge >= 0.3 is 6.18 Å². The van der Waals surface area contributed by atoms with E-state index in [1.807, 2.05) is 4.68 Å². The molecular formula is C19H16F3N7O. The second kappa shape index (κ2) is 6.87. The summed E-state index contributed by atoms with van der Waals surface area (Å²) in [7, 11) is 0. The van der Waals surface area contributed by atoms with E-state index in [2.05, 4.69) is 25.3 Å². The molecule has 11 heteroatoms. The highest BCUT2D eigenvalue weighted by atomic mass is 19.4. The highest BCUT2D eigenvalue weighted by molar-refractivity contribution is 5.99. The van der Waals surface area contributed by atoms with Gasteiger partial charge in [0.2, 0.25) is 0 Å². The maximum Gasteiger partial charge on any atom is 0.419 e. The average molecular weight is 415 g/mol. The van der Waals surface area contributed by atoms with Crippen LogP contribution in [0, 0.1) is 0 Å². The summed E-state index contributed by atoms with van der Waals surface area (Å²) < 4.78 is 47.0. The lowest BCUT2D eigenvalue weighted by atomic mass is 10.1. The van der Waals surface area contributed by atoms with Crippen LogP contribution in [0.2, 0.25) is 0 Å². The summed E-state index contributed by atoms with van der Waals surface area (Å²) >= 11 is 0. The van der Waals surface area contributed by atoms with E-state index >= 15 is 0 Å². The Bertz CT molecular complexity index is 1250. The zero-order valence-corrected chi connectivity index (χ0v) is 15.6. The molecule has 8 nitrogen and oxygen atoms in total. The largest absolute Gasteiger partial charge is 0.419 e. The number of aromatic nitrogens is 6. The maximum atomic E-state index is 13.2. The quantitative estimate of drug-likeness (QED) is 0.535. The van der Waals surface area contributed by atoms with Gasteiger partial charge in [-0.15, -0.1) is 5.10 Å². The lowest BCUT2D eigenvalue weighted by Gasteiger charge is -2.22. The molecular weight excluding hydrogens is 399 g/mol. The fourth-order valence-corrected chi connectivity index (χ4v) is 3.67. The van der Waals surface area contributed by atoms with Crippen molar-refractivity contribution in [3.8, 4) is 11.3 Å². The summed E-state index contributed by atoms with van der Waals surface area (Å²) in [6, 6.07) is 4.38. The Labute approximate surface area is 167 Å². The number of nitrogen functional groups attached to an aromatic ring is 1.